The Labute approximate surface area is 123 Å². The molecule has 0 saturated carbocycles. The van der Waals surface area contributed by atoms with Gasteiger partial charge in [0.05, 0.1) is 22.9 Å². The summed E-state index contributed by atoms with van der Waals surface area (Å²) < 4.78 is 5.61. The summed E-state index contributed by atoms with van der Waals surface area (Å²) in [6, 6.07) is 14.3. The summed E-state index contributed by atoms with van der Waals surface area (Å²) in [5.74, 6) is 0.415. The first kappa shape index (κ1) is 14.4. The normalized spacial score (nSPS) is 10.1. The number of ether oxygens (including phenoxy) is 1. The summed E-state index contributed by atoms with van der Waals surface area (Å²) in [5, 5.41) is 3.26. The lowest BCUT2D eigenvalue weighted by atomic mass is 10.2. The van der Waals surface area contributed by atoms with E-state index in [1.165, 1.54) is 0 Å². The summed E-state index contributed by atoms with van der Waals surface area (Å²) in [4.78, 5) is 12.2. The zero-order valence-electron chi connectivity index (χ0n) is 11.2. The summed E-state index contributed by atoms with van der Waals surface area (Å²) in [7, 11) is 0. The molecule has 0 spiro atoms. The fourth-order valence-electron chi connectivity index (χ4n) is 1.74. The Balaban J connectivity index is 2.18. The molecule has 0 aliphatic carbocycles. The predicted octanol–water partition coefficient (Wildman–Crippen LogP) is 4.38. The van der Waals surface area contributed by atoms with Crippen LogP contribution in [-0.4, -0.2) is 12.5 Å². The van der Waals surface area contributed by atoms with Crippen molar-refractivity contribution in [3.63, 3.8) is 0 Å². The standard InChI is InChI=1S/C16H16ClNO2/c1-2-11-20-15-10-6-5-9-14(15)18-16(19)12-7-3-4-8-13(12)17/h3-10H,2,11H2,1H3,(H,18,19). The molecule has 3 nitrogen and oxygen atoms in total. The lowest BCUT2D eigenvalue weighted by molar-refractivity contribution is 0.102. The maximum atomic E-state index is 12.2. The average molecular weight is 290 g/mol. The Morgan fingerprint density at radius 1 is 1.15 bits per heavy atom. The van der Waals surface area contributed by atoms with E-state index in [4.69, 9.17) is 16.3 Å². The fourth-order valence-corrected chi connectivity index (χ4v) is 1.96. The molecule has 2 aromatic carbocycles. The molecule has 4 heteroatoms. The van der Waals surface area contributed by atoms with Crippen molar-refractivity contribution in [2.45, 2.75) is 13.3 Å². The van der Waals surface area contributed by atoms with Crippen LogP contribution in [0.4, 0.5) is 5.69 Å². The first-order chi connectivity index (χ1) is 9.72. The van der Waals surface area contributed by atoms with E-state index in [0.29, 0.717) is 28.6 Å². The molecule has 0 bridgehead atoms. The van der Waals surface area contributed by atoms with Gasteiger partial charge in [-0.05, 0) is 30.7 Å². The number of para-hydroxylation sites is 2. The molecule has 0 saturated heterocycles. The van der Waals surface area contributed by atoms with Gasteiger partial charge in [-0.1, -0.05) is 42.8 Å². The van der Waals surface area contributed by atoms with Crippen LogP contribution in [0.2, 0.25) is 5.02 Å². The van der Waals surface area contributed by atoms with Crippen LogP contribution < -0.4 is 10.1 Å². The second kappa shape index (κ2) is 6.96. The number of amides is 1. The summed E-state index contributed by atoms with van der Waals surface area (Å²) in [6.07, 6.45) is 0.910. The van der Waals surface area contributed by atoms with E-state index in [1.807, 2.05) is 25.1 Å². The molecular formula is C16H16ClNO2. The van der Waals surface area contributed by atoms with Crippen molar-refractivity contribution in [3.05, 3.63) is 59.1 Å². The highest BCUT2D eigenvalue weighted by molar-refractivity contribution is 6.34. The van der Waals surface area contributed by atoms with E-state index in [-0.39, 0.29) is 5.91 Å². The van der Waals surface area contributed by atoms with Gasteiger partial charge >= 0.3 is 0 Å². The Morgan fingerprint density at radius 2 is 1.85 bits per heavy atom. The summed E-state index contributed by atoms with van der Waals surface area (Å²) >= 11 is 6.02. The van der Waals surface area contributed by atoms with Crippen molar-refractivity contribution in [1.82, 2.24) is 0 Å². The molecule has 104 valence electrons. The van der Waals surface area contributed by atoms with Gasteiger partial charge in [-0.15, -0.1) is 0 Å². The van der Waals surface area contributed by atoms with Gasteiger partial charge in [0.15, 0.2) is 0 Å². The molecule has 0 unspecified atom stereocenters. The number of halogens is 1. The van der Waals surface area contributed by atoms with Crippen LogP contribution in [-0.2, 0) is 0 Å². The van der Waals surface area contributed by atoms with Gasteiger partial charge in [0.1, 0.15) is 5.75 Å². The minimum Gasteiger partial charge on any atom is -0.491 e. The number of rotatable bonds is 5. The summed E-state index contributed by atoms with van der Waals surface area (Å²) in [5.41, 5.74) is 1.09. The third-order valence-electron chi connectivity index (χ3n) is 2.72. The number of benzene rings is 2. The first-order valence-electron chi connectivity index (χ1n) is 6.50. The second-order valence-corrected chi connectivity index (χ2v) is 4.69. The maximum absolute atomic E-state index is 12.2. The number of nitrogens with one attached hydrogen (secondary N) is 1. The molecular weight excluding hydrogens is 274 g/mol. The molecule has 0 aromatic heterocycles. The van der Waals surface area contributed by atoms with Crippen LogP contribution in [0.3, 0.4) is 0 Å². The SMILES string of the molecule is CCCOc1ccccc1NC(=O)c1ccccc1Cl. The minimum atomic E-state index is -0.247. The zero-order chi connectivity index (χ0) is 14.4. The Kier molecular flexibility index (Phi) is 5.02. The highest BCUT2D eigenvalue weighted by atomic mass is 35.5. The van der Waals surface area contributed by atoms with Crippen LogP contribution in [0, 0.1) is 0 Å². The first-order valence-corrected chi connectivity index (χ1v) is 6.88. The highest BCUT2D eigenvalue weighted by Gasteiger charge is 2.12. The molecule has 20 heavy (non-hydrogen) atoms. The van der Waals surface area contributed by atoms with Gasteiger partial charge in [-0.25, -0.2) is 0 Å². The van der Waals surface area contributed by atoms with Gasteiger partial charge in [0.2, 0.25) is 0 Å². The van der Waals surface area contributed by atoms with Crippen molar-refractivity contribution < 1.29 is 9.53 Å². The molecule has 0 aliphatic heterocycles. The minimum absolute atomic E-state index is 0.247. The number of anilines is 1. The Morgan fingerprint density at radius 3 is 2.60 bits per heavy atom. The maximum Gasteiger partial charge on any atom is 0.257 e. The highest BCUT2D eigenvalue weighted by Crippen LogP contribution is 2.25. The van der Waals surface area contributed by atoms with Crippen molar-refractivity contribution >= 4 is 23.2 Å². The van der Waals surface area contributed by atoms with Crippen LogP contribution >= 0.6 is 11.6 Å². The van der Waals surface area contributed by atoms with Gasteiger partial charge in [0, 0.05) is 0 Å². The monoisotopic (exact) mass is 289 g/mol. The molecule has 2 aromatic rings. The molecule has 1 amide bonds. The van der Waals surface area contributed by atoms with Crippen LogP contribution in [0.1, 0.15) is 23.7 Å². The van der Waals surface area contributed by atoms with E-state index in [0.717, 1.165) is 6.42 Å². The van der Waals surface area contributed by atoms with Gasteiger partial charge in [-0.3, -0.25) is 4.79 Å². The zero-order valence-corrected chi connectivity index (χ0v) is 12.0. The van der Waals surface area contributed by atoms with Crippen molar-refractivity contribution in [3.8, 4) is 5.75 Å². The Bertz CT molecular complexity index is 599. The number of carbonyl (C=O) groups is 1. The predicted molar refractivity (Wildman–Crippen MR) is 81.6 cm³/mol. The third kappa shape index (κ3) is 3.52. The van der Waals surface area contributed by atoms with Crippen LogP contribution in [0.25, 0.3) is 0 Å². The quantitative estimate of drug-likeness (QED) is 0.887. The van der Waals surface area contributed by atoms with Gasteiger partial charge in [-0.2, -0.15) is 0 Å². The molecule has 0 fully saturated rings. The second-order valence-electron chi connectivity index (χ2n) is 4.28. The van der Waals surface area contributed by atoms with Crippen molar-refractivity contribution in [1.29, 1.82) is 0 Å². The van der Waals surface area contributed by atoms with Gasteiger partial charge < -0.3 is 10.1 Å². The lowest BCUT2D eigenvalue weighted by Crippen LogP contribution is -2.13. The van der Waals surface area contributed by atoms with Crippen LogP contribution in [0.15, 0.2) is 48.5 Å². The van der Waals surface area contributed by atoms with E-state index in [1.54, 1.807) is 30.3 Å². The van der Waals surface area contributed by atoms with E-state index in [2.05, 4.69) is 5.32 Å². The third-order valence-corrected chi connectivity index (χ3v) is 3.05. The van der Waals surface area contributed by atoms with E-state index < -0.39 is 0 Å². The van der Waals surface area contributed by atoms with Crippen molar-refractivity contribution in [2.75, 3.05) is 11.9 Å². The molecule has 1 N–H and O–H groups in total. The molecule has 2 rings (SSSR count). The molecule has 0 radical (unpaired) electrons. The van der Waals surface area contributed by atoms with E-state index in [9.17, 15) is 4.79 Å². The fraction of sp³-hybridized carbons (Fsp3) is 0.188. The smallest absolute Gasteiger partial charge is 0.257 e. The molecule has 0 aliphatic rings. The number of hydrogen-bond acceptors (Lipinski definition) is 2. The lowest BCUT2D eigenvalue weighted by Gasteiger charge is -2.12. The largest absolute Gasteiger partial charge is 0.491 e. The van der Waals surface area contributed by atoms with Gasteiger partial charge in [0.25, 0.3) is 5.91 Å². The summed E-state index contributed by atoms with van der Waals surface area (Å²) in [6.45, 7) is 2.64. The van der Waals surface area contributed by atoms with E-state index >= 15 is 0 Å². The average Bonchev–Trinajstić information content (AvgIpc) is 2.46. The number of carbonyl (C=O) groups excluding carboxylic acids is 1. The topological polar surface area (TPSA) is 38.3 Å². The molecule has 0 heterocycles. The van der Waals surface area contributed by atoms with Crippen molar-refractivity contribution in [2.24, 2.45) is 0 Å². The molecule has 0 atom stereocenters. The number of hydrogen-bond donors (Lipinski definition) is 1. The van der Waals surface area contributed by atoms with Crippen LogP contribution in [0.5, 0.6) is 5.75 Å². The Hall–Kier alpha value is -2.00.